The number of amides is 1. The minimum Gasteiger partial charge on any atom is -0.341 e. The summed E-state index contributed by atoms with van der Waals surface area (Å²) in [6.45, 7) is 6.40. The Hall–Kier alpha value is -1.59. The summed E-state index contributed by atoms with van der Waals surface area (Å²) in [6.07, 6.45) is 5.93. The van der Waals surface area contributed by atoms with E-state index in [9.17, 15) is 9.59 Å². The number of nitrogens with zero attached hydrogens (tertiary/aromatic N) is 4. The molecule has 0 radical (unpaired) electrons. The van der Waals surface area contributed by atoms with E-state index in [0.29, 0.717) is 0 Å². The van der Waals surface area contributed by atoms with E-state index in [1.807, 2.05) is 4.90 Å². The summed E-state index contributed by atoms with van der Waals surface area (Å²) >= 11 is 0. The number of aryl methyl sites for hydroxylation is 1. The highest BCUT2D eigenvalue weighted by atomic mass is 16.2. The first kappa shape index (κ1) is 15.8. The van der Waals surface area contributed by atoms with E-state index in [2.05, 4.69) is 18.9 Å². The Morgan fingerprint density at radius 1 is 1.19 bits per heavy atom. The topological polar surface area (TPSA) is 60.1 Å². The van der Waals surface area contributed by atoms with Crippen LogP contribution in [0.25, 0.3) is 0 Å². The second-order valence-corrected chi connectivity index (χ2v) is 5.70. The molecule has 1 amide bonds. The molecule has 0 bridgehead atoms. The number of hydrogen-bond donors (Lipinski definition) is 0. The summed E-state index contributed by atoms with van der Waals surface area (Å²) in [5.41, 5.74) is -0.131. The van der Waals surface area contributed by atoms with Gasteiger partial charge in [-0.2, -0.15) is 5.10 Å². The summed E-state index contributed by atoms with van der Waals surface area (Å²) in [5, 5.41) is 4.37. The monoisotopic (exact) mass is 294 g/mol. The Morgan fingerprint density at radius 3 is 2.57 bits per heavy atom. The average molecular weight is 294 g/mol. The third-order valence-corrected chi connectivity index (χ3v) is 3.91. The van der Waals surface area contributed by atoms with Crippen molar-refractivity contribution in [3.63, 3.8) is 0 Å². The van der Waals surface area contributed by atoms with Gasteiger partial charge in [0.15, 0.2) is 0 Å². The molecule has 0 aromatic carbocycles. The lowest BCUT2D eigenvalue weighted by molar-refractivity contribution is -0.132. The van der Waals surface area contributed by atoms with Gasteiger partial charge in [-0.15, -0.1) is 0 Å². The van der Waals surface area contributed by atoms with Crippen LogP contribution < -0.4 is 5.69 Å². The van der Waals surface area contributed by atoms with Crippen molar-refractivity contribution in [3.05, 3.63) is 16.3 Å². The van der Waals surface area contributed by atoms with Gasteiger partial charge >= 0.3 is 5.69 Å². The molecule has 6 heteroatoms. The molecule has 0 spiro atoms. The molecule has 0 aliphatic carbocycles. The first-order valence-corrected chi connectivity index (χ1v) is 8.11. The minimum absolute atomic E-state index is 0.00550. The molecule has 0 N–H and O–H groups in total. The molecule has 6 nitrogen and oxygen atoms in total. The Morgan fingerprint density at radius 2 is 1.90 bits per heavy atom. The lowest BCUT2D eigenvalue weighted by atomic mass is 10.2. The quantitative estimate of drug-likeness (QED) is 0.797. The van der Waals surface area contributed by atoms with Crippen LogP contribution in [0.5, 0.6) is 0 Å². The van der Waals surface area contributed by atoms with Crippen molar-refractivity contribution in [3.8, 4) is 0 Å². The zero-order chi connectivity index (χ0) is 15.2. The van der Waals surface area contributed by atoms with E-state index in [0.717, 1.165) is 64.0 Å². The zero-order valence-electron chi connectivity index (χ0n) is 13.2. The molecular formula is C15H26N4O2. The maximum atomic E-state index is 12.3. The molecule has 21 heavy (non-hydrogen) atoms. The number of aromatic nitrogens is 3. The van der Waals surface area contributed by atoms with Crippen LogP contribution in [0.1, 0.15) is 51.8 Å². The molecule has 2 rings (SSSR count). The average Bonchev–Trinajstić information content (AvgIpc) is 2.66. The number of rotatable bonds is 6. The van der Waals surface area contributed by atoms with Crippen molar-refractivity contribution >= 4 is 5.91 Å². The number of hydrogen-bond acceptors (Lipinski definition) is 3. The molecule has 0 atom stereocenters. The fourth-order valence-corrected chi connectivity index (χ4v) is 2.86. The molecule has 0 fully saturated rings. The van der Waals surface area contributed by atoms with Gasteiger partial charge in [-0.25, -0.2) is 9.48 Å². The zero-order valence-corrected chi connectivity index (χ0v) is 13.2. The Balaban J connectivity index is 2.12. The third kappa shape index (κ3) is 3.74. The highest BCUT2D eigenvalue weighted by molar-refractivity contribution is 5.75. The van der Waals surface area contributed by atoms with Crippen LogP contribution in [0.15, 0.2) is 4.79 Å². The summed E-state index contributed by atoms with van der Waals surface area (Å²) in [7, 11) is 0. The van der Waals surface area contributed by atoms with Crippen molar-refractivity contribution in [1.82, 2.24) is 19.2 Å². The lowest BCUT2D eigenvalue weighted by Crippen LogP contribution is -2.38. The maximum absolute atomic E-state index is 12.3. The van der Waals surface area contributed by atoms with Crippen molar-refractivity contribution in [1.29, 1.82) is 0 Å². The Bertz CT molecular complexity index is 526. The van der Waals surface area contributed by atoms with Crippen LogP contribution in [0.4, 0.5) is 0 Å². The summed E-state index contributed by atoms with van der Waals surface area (Å²) in [4.78, 5) is 26.5. The summed E-state index contributed by atoms with van der Waals surface area (Å²) < 4.78 is 3.09. The first-order chi connectivity index (χ1) is 10.2. The predicted molar refractivity (Wildman–Crippen MR) is 81.2 cm³/mol. The van der Waals surface area contributed by atoms with Crippen molar-refractivity contribution in [2.45, 2.75) is 65.5 Å². The van der Waals surface area contributed by atoms with E-state index in [-0.39, 0.29) is 18.1 Å². The van der Waals surface area contributed by atoms with Crippen molar-refractivity contribution in [2.75, 3.05) is 13.1 Å². The van der Waals surface area contributed by atoms with Gasteiger partial charge in [0, 0.05) is 26.1 Å². The van der Waals surface area contributed by atoms with Gasteiger partial charge in [0.25, 0.3) is 0 Å². The number of carbonyl (C=O) groups is 1. The largest absolute Gasteiger partial charge is 0.346 e. The fraction of sp³-hybridized carbons (Fsp3) is 0.800. The highest BCUT2D eigenvalue weighted by Gasteiger charge is 2.19. The molecule has 0 unspecified atom stereocenters. The molecule has 118 valence electrons. The molecule has 1 aliphatic rings. The SMILES string of the molecule is CCCN(CCC)C(=O)Cn1nc2n(c1=O)CCCCC2. The lowest BCUT2D eigenvalue weighted by Gasteiger charge is -2.21. The molecule has 0 saturated heterocycles. The summed E-state index contributed by atoms with van der Waals surface area (Å²) in [6, 6.07) is 0. The molecule has 2 heterocycles. The van der Waals surface area contributed by atoms with E-state index in [1.165, 1.54) is 4.68 Å². The number of carbonyl (C=O) groups excluding carboxylic acids is 1. The highest BCUT2D eigenvalue weighted by Crippen LogP contribution is 2.10. The molecule has 1 aromatic rings. The van der Waals surface area contributed by atoms with Gasteiger partial charge in [-0.3, -0.25) is 9.36 Å². The second kappa shape index (κ2) is 7.43. The van der Waals surface area contributed by atoms with E-state index >= 15 is 0 Å². The molecular weight excluding hydrogens is 268 g/mol. The van der Waals surface area contributed by atoms with Gasteiger partial charge in [0.2, 0.25) is 5.91 Å². The second-order valence-electron chi connectivity index (χ2n) is 5.70. The van der Waals surface area contributed by atoms with Gasteiger partial charge in [-0.1, -0.05) is 20.3 Å². The molecule has 1 aromatic heterocycles. The fourth-order valence-electron chi connectivity index (χ4n) is 2.86. The normalized spacial score (nSPS) is 14.6. The molecule has 1 aliphatic heterocycles. The van der Waals surface area contributed by atoms with E-state index in [4.69, 9.17) is 0 Å². The van der Waals surface area contributed by atoms with Gasteiger partial charge in [0.05, 0.1) is 0 Å². The van der Waals surface area contributed by atoms with Crippen LogP contribution in [0.2, 0.25) is 0 Å². The van der Waals surface area contributed by atoms with Crippen LogP contribution in [-0.2, 0) is 24.3 Å². The van der Waals surface area contributed by atoms with Crippen molar-refractivity contribution < 1.29 is 4.79 Å². The van der Waals surface area contributed by atoms with E-state index < -0.39 is 0 Å². The predicted octanol–water partition coefficient (Wildman–Crippen LogP) is 1.42. The minimum atomic E-state index is -0.131. The van der Waals surface area contributed by atoms with Crippen molar-refractivity contribution in [2.24, 2.45) is 0 Å². The standard InChI is InChI=1S/C15H26N4O2/c1-3-9-17(10-4-2)14(20)12-19-15(21)18-11-7-5-6-8-13(18)16-19/h3-12H2,1-2H3. The van der Waals surface area contributed by atoms with Crippen LogP contribution in [-0.4, -0.2) is 38.2 Å². The van der Waals surface area contributed by atoms with Crippen LogP contribution >= 0.6 is 0 Å². The smallest absolute Gasteiger partial charge is 0.341 e. The van der Waals surface area contributed by atoms with Crippen LogP contribution in [0, 0.1) is 0 Å². The van der Waals surface area contributed by atoms with Gasteiger partial charge in [0.1, 0.15) is 12.4 Å². The Kier molecular flexibility index (Phi) is 5.59. The third-order valence-electron chi connectivity index (χ3n) is 3.91. The van der Waals surface area contributed by atoms with E-state index in [1.54, 1.807) is 4.57 Å². The maximum Gasteiger partial charge on any atom is 0.346 e. The first-order valence-electron chi connectivity index (χ1n) is 8.11. The Labute approximate surface area is 125 Å². The van der Waals surface area contributed by atoms with Crippen LogP contribution in [0.3, 0.4) is 0 Å². The van der Waals surface area contributed by atoms with Gasteiger partial charge < -0.3 is 4.90 Å². The summed E-state index contributed by atoms with van der Waals surface area (Å²) in [5.74, 6) is 0.830. The molecule has 0 saturated carbocycles. The van der Waals surface area contributed by atoms with Gasteiger partial charge in [-0.05, 0) is 25.7 Å². The number of fused-ring (bicyclic) bond motifs is 1.